The van der Waals surface area contributed by atoms with E-state index in [-0.39, 0.29) is 26.2 Å². The minimum Gasteiger partial charge on any atom is -0.158 e. The van der Waals surface area contributed by atoms with Crippen LogP contribution in [0.25, 0.3) is 21.5 Å². The summed E-state index contributed by atoms with van der Waals surface area (Å²) in [5.41, 5.74) is 9.19. The maximum Gasteiger partial charge on any atom is 2.00 e. The Morgan fingerprint density at radius 3 is 1.17 bits per heavy atom. The maximum absolute atomic E-state index is 2.62. The molecular formula is C34H46SiZr. The van der Waals surface area contributed by atoms with E-state index < -0.39 is 8.07 Å². The van der Waals surface area contributed by atoms with Crippen molar-refractivity contribution >= 4 is 40.0 Å². The molecule has 0 saturated carbocycles. The van der Waals surface area contributed by atoms with Gasteiger partial charge in [0.05, 0.1) is 0 Å². The third-order valence-electron chi connectivity index (χ3n) is 8.30. The van der Waals surface area contributed by atoms with Gasteiger partial charge in [-0.25, -0.2) is 0 Å². The summed E-state index contributed by atoms with van der Waals surface area (Å²) in [6.07, 6.45) is 0. The molecule has 0 saturated heterocycles. The predicted octanol–water partition coefficient (Wildman–Crippen LogP) is 9.36. The van der Waals surface area contributed by atoms with Crippen molar-refractivity contribution in [1.82, 2.24) is 0 Å². The van der Waals surface area contributed by atoms with E-state index in [0.717, 1.165) is 0 Å². The summed E-state index contributed by atoms with van der Waals surface area (Å²) in [5, 5.41) is 9.34. The summed E-state index contributed by atoms with van der Waals surface area (Å²) in [5.74, 6) is 2.09. The van der Waals surface area contributed by atoms with Crippen molar-refractivity contribution in [2.75, 3.05) is 0 Å². The van der Waals surface area contributed by atoms with Crippen LogP contribution in [0.2, 0.25) is 13.1 Å². The summed E-state index contributed by atoms with van der Waals surface area (Å²) in [6.45, 7) is 28.9. The van der Waals surface area contributed by atoms with E-state index >= 15 is 0 Å². The van der Waals surface area contributed by atoms with Crippen molar-refractivity contribution < 1.29 is 26.2 Å². The first kappa shape index (κ1) is 29.3. The van der Waals surface area contributed by atoms with Gasteiger partial charge in [0.25, 0.3) is 0 Å². The van der Waals surface area contributed by atoms with Crippen LogP contribution in [-0.4, -0.2) is 8.07 Å². The Labute approximate surface area is 240 Å². The average molecular weight is 574 g/mol. The molecule has 4 aromatic carbocycles. The van der Waals surface area contributed by atoms with Crippen LogP contribution < -0.4 is 10.4 Å². The molecule has 0 aliphatic rings. The number of benzene rings is 2. The Morgan fingerprint density at radius 1 is 0.556 bits per heavy atom. The van der Waals surface area contributed by atoms with Gasteiger partial charge in [0.1, 0.15) is 0 Å². The minimum atomic E-state index is -2.04. The molecule has 0 fully saturated rings. The Kier molecular flexibility index (Phi) is 8.55. The normalized spacial score (nSPS) is 12.7. The van der Waals surface area contributed by atoms with Gasteiger partial charge in [-0.05, 0) is 23.7 Å². The molecule has 0 bridgehead atoms. The molecule has 0 heterocycles. The molecule has 0 aliphatic carbocycles. The molecule has 0 atom stereocenters. The van der Waals surface area contributed by atoms with Gasteiger partial charge in [0, 0.05) is 8.07 Å². The number of hydrogen-bond acceptors (Lipinski definition) is 0. The van der Waals surface area contributed by atoms with E-state index in [9.17, 15) is 0 Å². The smallest absolute Gasteiger partial charge is 0.158 e. The molecule has 4 aromatic rings. The van der Waals surface area contributed by atoms with Crippen molar-refractivity contribution in [1.29, 1.82) is 0 Å². The monoisotopic (exact) mass is 572 g/mol. The fraction of sp³-hybridized carbons (Fsp3) is 0.471. The fourth-order valence-electron chi connectivity index (χ4n) is 7.10. The molecule has 190 valence electrons. The molecule has 0 spiro atoms. The van der Waals surface area contributed by atoms with Gasteiger partial charge in [0.15, 0.2) is 0 Å². The Morgan fingerprint density at radius 2 is 0.889 bits per heavy atom. The van der Waals surface area contributed by atoms with Crippen molar-refractivity contribution in [3.63, 3.8) is 0 Å². The molecular weight excluding hydrogens is 528 g/mol. The van der Waals surface area contributed by atoms with Gasteiger partial charge in [-0.3, -0.25) is 0 Å². The zero-order valence-electron chi connectivity index (χ0n) is 24.8. The minimum absolute atomic E-state index is 0. The van der Waals surface area contributed by atoms with Crippen LogP contribution in [0.15, 0.2) is 36.4 Å². The molecule has 0 nitrogen and oxygen atoms in total. The fourth-order valence-corrected chi connectivity index (χ4v) is 11.3. The molecule has 0 amide bonds. The third-order valence-corrected chi connectivity index (χ3v) is 12.1. The zero-order valence-corrected chi connectivity index (χ0v) is 28.2. The Bertz CT molecular complexity index is 1280. The Hall–Kier alpha value is -1.24. The van der Waals surface area contributed by atoms with E-state index in [4.69, 9.17) is 0 Å². The van der Waals surface area contributed by atoms with Gasteiger partial charge in [-0.2, -0.15) is 10.4 Å². The van der Waals surface area contributed by atoms with Crippen LogP contribution >= 0.6 is 0 Å². The molecule has 36 heavy (non-hydrogen) atoms. The quantitative estimate of drug-likeness (QED) is 0.159. The van der Waals surface area contributed by atoms with Gasteiger partial charge < -0.3 is 0 Å². The first-order chi connectivity index (χ1) is 16.3. The van der Waals surface area contributed by atoms with Gasteiger partial charge >= 0.3 is 26.2 Å². The van der Waals surface area contributed by atoms with Crippen LogP contribution in [0, 0.1) is 13.8 Å². The number of fused-ring (bicyclic) bond motifs is 2. The van der Waals surface area contributed by atoms with Gasteiger partial charge in [-0.1, -0.05) is 105 Å². The van der Waals surface area contributed by atoms with Crippen molar-refractivity contribution in [2.24, 2.45) is 0 Å². The van der Waals surface area contributed by atoms with Crippen LogP contribution in [0.5, 0.6) is 0 Å². The molecule has 4 rings (SSSR count). The van der Waals surface area contributed by atoms with Crippen molar-refractivity contribution in [2.45, 2.75) is 106 Å². The second kappa shape index (κ2) is 10.5. The number of aryl methyl sites for hydroxylation is 2. The third kappa shape index (κ3) is 4.60. The summed E-state index contributed by atoms with van der Waals surface area (Å²) in [6, 6.07) is 14.5. The SMILES string of the molecule is Cc1[cH-]c2ccc(C(C)C)c(C(C)C)c2c1[Si](C)(C)c1c(C)[cH-]c2ccc(C(C)C)c(C(C)C)c12.[Zr+2]. The molecule has 2 heteroatoms. The molecule has 0 aromatic heterocycles. The molecule has 0 N–H and O–H groups in total. The maximum atomic E-state index is 2.62. The number of rotatable bonds is 6. The van der Waals surface area contributed by atoms with Gasteiger partial charge in [-0.15, -0.1) is 69.1 Å². The van der Waals surface area contributed by atoms with E-state index in [1.807, 2.05) is 0 Å². The Balaban J connectivity index is 0.00000361. The second-order valence-corrected chi connectivity index (χ2v) is 17.0. The summed E-state index contributed by atoms with van der Waals surface area (Å²) < 4.78 is 0. The topological polar surface area (TPSA) is 0 Å². The zero-order chi connectivity index (χ0) is 26.0. The summed E-state index contributed by atoms with van der Waals surface area (Å²) in [4.78, 5) is 0. The van der Waals surface area contributed by atoms with Crippen LogP contribution in [0.3, 0.4) is 0 Å². The summed E-state index contributed by atoms with van der Waals surface area (Å²) >= 11 is 0. The van der Waals surface area contributed by atoms with Crippen molar-refractivity contribution in [3.05, 3.63) is 69.8 Å². The predicted molar refractivity (Wildman–Crippen MR) is 162 cm³/mol. The van der Waals surface area contributed by atoms with E-state index in [1.54, 1.807) is 32.3 Å². The second-order valence-electron chi connectivity index (χ2n) is 12.7. The molecule has 0 radical (unpaired) electrons. The first-order valence-corrected chi connectivity index (χ1v) is 16.7. The van der Waals surface area contributed by atoms with Crippen LogP contribution in [0.1, 0.15) is 112 Å². The molecule has 0 unspecified atom stereocenters. The van der Waals surface area contributed by atoms with Crippen LogP contribution in [0.4, 0.5) is 0 Å². The standard InChI is InChI=1S/C34H46Si.Zr/c1-19(2)27-15-13-25-17-23(9)33(31(25)29(27)21(5)6)35(11,12)34-24(10)18-26-14-16-28(20(3)4)30(22(7)8)32(26)34;/h13-22H,1-12H3;/q-2;+2. The number of hydrogen-bond donors (Lipinski definition) is 0. The largest absolute Gasteiger partial charge is 2.00 e. The van der Waals surface area contributed by atoms with Gasteiger partial charge in [0.2, 0.25) is 0 Å². The first-order valence-electron chi connectivity index (χ1n) is 13.7. The van der Waals surface area contributed by atoms with E-state index in [0.29, 0.717) is 23.7 Å². The average Bonchev–Trinajstić information content (AvgIpc) is 3.27. The summed E-state index contributed by atoms with van der Waals surface area (Å²) in [7, 11) is -2.04. The van der Waals surface area contributed by atoms with E-state index in [1.165, 1.54) is 33.0 Å². The van der Waals surface area contributed by atoms with E-state index in [2.05, 4.69) is 119 Å². The van der Waals surface area contributed by atoms with Crippen LogP contribution in [-0.2, 0) is 26.2 Å². The van der Waals surface area contributed by atoms with Crippen molar-refractivity contribution in [3.8, 4) is 0 Å². The molecule has 0 aliphatic heterocycles.